The molecule has 1 amide bonds. The number of benzene rings is 2. The van der Waals surface area contributed by atoms with E-state index in [1.165, 1.54) is 4.90 Å². The molecule has 0 spiro atoms. The van der Waals surface area contributed by atoms with Crippen molar-refractivity contribution < 1.29 is 9.00 Å². The molecular formula is C17H15Cl2N3O2S. The number of H-pyrrole nitrogens is 1. The zero-order chi connectivity index (χ0) is 18.1. The van der Waals surface area contributed by atoms with Gasteiger partial charge in [0.05, 0.1) is 4.90 Å². The van der Waals surface area contributed by atoms with Crippen LogP contribution in [0, 0.1) is 0 Å². The lowest BCUT2D eigenvalue weighted by atomic mass is 10.2. The second-order valence-electron chi connectivity index (χ2n) is 5.66. The maximum absolute atomic E-state index is 12.5. The van der Waals surface area contributed by atoms with Gasteiger partial charge in [-0.25, -0.2) is 4.21 Å². The molecule has 1 unspecified atom stereocenters. The van der Waals surface area contributed by atoms with Gasteiger partial charge < -0.3 is 14.6 Å². The Hall–Kier alpha value is -2.02. The Balaban J connectivity index is 1.86. The number of amides is 1. The molecule has 0 saturated carbocycles. The second-order valence-corrected chi connectivity index (χ2v) is 7.75. The fraction of sp³-hybridized carbons (Fsp3) is 0.118. The Kier molecular flexibility index (Phi) is 5.03. The van der Waals surface area contributed by atoms with Crippen molar-refractivity contribution in [1.82, 2.24) is 9.88 Å². The highest BCUT2D eigenvalue weighted by atomic mass is 35.5. The first-order valence-corrected chi connectivity index (χ1v) is 9.23. The van der Waals surface area contributed by atoms with Crippen molar-refractivity contribution in [3.63, 3.8) is 0 Å². The average molecular weight is 396 g/mol. The Morgan fingerprint density at radius 1 is 1.08 bits per heavy atom. The van der Waals surface area contributed by atoms with Gasteiger partial charge >= 0.3 is 0 Å². The van der Waals surface area contributed by atoms with Crippen LogP contribution in [-0.2, 0) is 11.0 Å². The number of nitrogens with zero attached hydrogens (tertiary/aromatic N) is 1. The first-order chi connectivity index (χ1) is 11.8. The lowest BCUT2D eigenvalue weighted by molar-refractivity contribution is 0.0823. The van der Waals surface area contributed by atoms with Gasteiger partial charge in [-0.1, -0.05) is 23.2 Å². The molecule has 1 heterocycles. The number of nitrogens with one attached hydrogen (secondary N) is 2. The van der Waals surface area contributed by atoms with Gasteiger partial charge in [-0.2, -0.15) is 0 Å². The molecule has 0 saturated heterocycles. The highest BCUT2D eigenvalue weighted by Crippen LogP contribution is 2.24. The topological polar surface area (TPSA) is 65.2 Å². The smallest absolute Gasteiger partial charge is 0.269 e. The van der Waals surface area contributed by atoms with Crippen LogP contribution < -0.4 is 4.72 Å². The minimum Gasteiger partial charge on any atom is -0.351 e. The number of fused-ring (bicyclic) bond motifs is 1. The molecule has 0 radical (unpaired) electrons. The zero-order valence-electron chi connectivity index (χ0n) is 13.5. The Morgan fingerprint density at radius 2 is 1.76 bits per heavy atom. The molecule has 0 bridgehead atoms. The molecule has 0 fully saturated rings. The minimum atomic E-state index is -1.51. The monoisotopic (exact) mass is 395 g/mol. The first-order valence-electron chi connectivity index (χ1n) is 7.32. The fourth-order valence-corrected chi connectivity index (χ4v) is 3.94. The number of hydrogen-bond donors (Lipinski definition) is 2. The van der Waals surface area contributed by atoms with Crippen molar-refractivity contribution >= 4 is 56.7 Å². The van der Waals surface area contributed by atoms with Crippen LogP contribution in [0.15, 0.2) is 47.4 Å². The largest absolute Gasteiger partial charge is 0.351 e. The molecule has 2 N–H and O–H groups in total. The standard InChI is InChI=1S/C17H15Cl2N3O2S/c1-22(2)17(23)16-6-10-5-13(3-4-15(10)20-16)21-25(24)14-8-11(18)7-12(19)9-14/h3-9,20-21H,1-2H3. The van der Waals surface area contributed by atoms with E-state index in [1.807, 2.05) is 12.1 Å². The maximum Gasteiger partial charge on any atom is 0.269 e. The first kappa shape index (κ1) is 17.8. The summed E-state index contributed by atoms with van der Waals surface area (Å²) in [6.45, 7) is 0. The van der Waals surface area contributed by atoms with Crippen LogP contribution in [0.5, 0.6) is 0 Å². The van der Waals surface area contributed by atoms with Gasteiger partial charge in [0, 0.05) is 40.7 Å². The SMILES string of the molecule is CN(C)C(=O)c1cc2cc(NS(=O)c3cc(Cl)cc(Cl)c3)ccc2[nH]1. The van der Waals surface area contributed by atoms with Crippen LogP contribution in [0.4, 0.5) is 5.69 Å². The van der Waals surface area contributed by atoms with Crippen molar-refractivity contribution in [1.29, 1.82) is 0 Å². The van der Waals surface area contributed by atoms with Crippen LogP contribution >= 0.6 is 23.2 Å². The Morgan fingerprint density at radius 3 is 2.40 bits per heavy atom. The van der Waals surface area contributed by atoms with Gasteiger partial charge in [0.25, 0.3) is 5.91 Å². The molecule has 8 heteroatoms. The second kappa shape index (κ2) is 7.07. The molecule has 1 aromatic heterocycles. The quantitative estimate of drug-likeness (QED) is 0.690. The minimum absolute atomic E-state index is 0.108. The summed E-state index contributed by atoms with van der Waals surface area (Å²) in [4.78, 5) is 17.1. The molecule has 0 aliphatic rings. The van der Waals surface area contributed by atoms with Gasteiger partial charge in [0.2, 0.25) is 0 Å². The zero-order valence-corrected chi connectivity index (χ0v) is 15.8. The maximum atomic E-state index is 12.5. The number of anilines is 1. The van der Waals surface area contributed by atoms with E-state index in [0.717, 1.165) is 10.9 Å². The van der Waals surface area contributed by atoms with Crippen molar-refractivity contribution in [2.45, 2.75) is 4.90 Å². The molecule has 0 aliphatic carbocycles. The molecule has 1 atom stereocenters. The van der Waals surface area contributed by atoms with Gasteiger partial charge in [0.1, 0.15) is 16.7 Å². The molecule has 130 valence electrons. The van der Waals surface area contributed by atoms with Crippen molar-refractivity contribution in [3.8, 4) is 0 Å². The molecule has 0 aliphatic heterocycles. The highest BCUT2D eigenvalue weighted by Gasteiger charge is 2.12. The highest BCUT2D eigenvalue weighted by molar-refractivity contribution is 7.86. The summed E-state index contributed by atoms with van der Waals surface area (Å²) >= 11 is 11.9. The van der Waals surface area contributed by atoms with Crippen LogP contribution in [0.2, 0.25) is 10.0 Å². The van der Waals surface area contributed by atoms with Gasteiger partial charge in [-0.05, 0) is 42.5 Å². The van der Waals surface area contributed by atoms with E-state index in [0.29, 0.717) is 26.3 Å². The van der Waals surface area contributed by atoms with E-state index in [4.69, 9.17) is 23.2 Å². The third kappa shape index (κ3) is 3.98. The number of carbonyl (C=O) groups is 1. The molecule has 3 rings (SSSR count). The van der Waals surface area contributed by atoms with Crippen LogP contribution in [-0.4, -0.2) is 34.1 Å². The molecular weight excluding hydrogens is 381 g/mol. The number of carbonyl (C=O) groups excluding carboxylic acids is 1. The summed E-state index contributed by atoms with van der Waals surface area (Å²) in [6, 6.07) is 12.0. The predicted molar refractivity (Wildman–Crippen MR) is 103 cm³/mol. The van der Waals surface area contributed by atoms with Crippen molar-refractivity contribution in [2.24, 2.45) is 0 Å². The summed E-state index contributed by atoms with van der Waals surface area (Å²) in [7, 11) is 1.88. The summed E-state index contributed by atoms with van der Waals surface area (Å²) < 4.78 is 15.4. The molecule has 5 nitrogen and oxygen atoms in total. The number of halogens is 2. The lowest BCUT2D eigenvalue weighted by Gasteiger charge is -2.07. The molecule has 3 aromatic rings. The summed E-state index contributed by atoms with van der Waals surface area (Å²) in [5.74, 6) is -0.108. The van der Waals surface area contributed by atoms with E-state index in [1.54, 1.807) is 44.4 Å². The van der Waals surface area contributed by atoms with E-state index >= 15 is 0 Å². The normalized spacial score (nSPS) is 12.2. The van der Waals surface area contributed by atoms with E-state index < -0.39 is 11.0 Å². The van der Waals surface area contributed by atoms with Crippen LogP contribution in [0.25, 0.3) is 10.9 Å². The number of aromatic amines is 1. The van der Waals surface area contributed by atoms with E-state index in [9.17, 15) is 9.00 Å². The molecule has 2 aromatic carbocycles. The van der Waals surface area contributed by atoms with E-state index in [-0.39, 0.29) is 5.91 Å². The number of aromatic nitrogens is 1. The summed E-state index contributed by atoms with van der Waals surface area (Å²) in [6.07, 6.45) is 0. The third-order valence-corrected chi connectivity index (χ3v) is 5.04. The average Bonchev–Trinajstić information content (AvgIpc) is 2.96. The third-order valence-electron chi connectivity index (χ3n) is 3.52. The van der Waals surface area contributed by atoms with Gasteiger partial charge in [-0.3, -0.25) is 4.79 Å². The van der Waals surface area contributed by atoms with Crippen LogP contribution in [0.3, 0.4) is 0 Å². The molecule has 25 heavy (non-hydrogen) atoms. The Bertz CT molecular complexity index is 965. The van der Waals surface area contributed by atoms with Crippen LogP contribution in [0.1, 0.15) is 10.5 Å². The number of rotatable bonds is 4. The summed E-state index contributed by atoms with van der Waals surface area (Å²) in [5.41, 5.74) is 1.98. The lowest BCUT2D eigenvalue weighted by Crippen LogP contribution is -2.21. The van der Waals surface area contributed by atoms with Gasteiger partial charge in [0.15, 0.2) is 0 Å². The summed E-state index contributed by atoms with van der Waals surface area (Å²) in [5, 5.41) is 1.69. The van der Waals surface area contributed by atoms with Crippen molar-refractivity contribution in [2.75, 3.05) is 18.8 Å². The number of hydrogen-bond acceptors (Lipinski definition) is 2. The van der Waals surface area contributed by atoms with Crippen molar-refractivity contribution in [3.05, 3.63) is 58.2 Å². The van der Waals surface area contributed by atoms with Gasteiger partial charge in [-0.15, -0.1) is 0 Å². The predicted octanol–water partition coefficient (Wildman–Crippen LogP) is 4.31. The Labute approximate surface area is 157 Å². The van der Waals surface area contributed by atoms with E-state index in [2.05, 4.69) is 9.71 Å². The fourth-order valence-electron chi connectivity index (χ4n) is 2.35.